The zero-order valence-electron chi connectivity index (χ0n) is 12.9. The Kier molecular flexibility index (Phi) is 3.63. The summed E-state index contributed by atoms with van der Waals surface area (Å²) in [6.45, 7) is 4.28. The number of nitrogens with zero attached hydrogens (tertiary/aromatic N) is 3. The van der Waals surface area contributed by atoms with Crippen LogP contribution in [-0.2, 0) is 13.6 Å². The van der Waals surface area contributed by atoms with E-state index in [1.807, 2.05) is 55.9 Å². The number of amides is 1. The van der Waals surface area contributed by atoms with E-state index in [1.165, 1.54) is 0 Å². The summed E-state index contributed by atoms with van der Waals surface area (Å²) in [6.07, 6.45) is 3.53. The predicted octanol–water partition coefficient (Wildman–Crippen LogP) is 2.52. The fraction of sp³-hybridized carbons (Fsp3) is 0.235. The highest BCUT2D eigenvalue weighted by Crippen LogP contribution is 2.17. The molecule has 1 aromatic carbocycles. The minimum atomic E-state index is -0.0894. The van der Waals surface area contributed by atoms with Crippen molar-refractivity contribution in [3.63, 3.8) is 0 Å². The summed E-state index contributed by atoms with van der Waals surface area (Å²) in [5.74, 6) is -0.0894. The van der Waals surface area contributed by atoms with E-state index in [0.717, 1.165) is 27.9 Å². The van der Waals surface area contributed by atoms with Crippen LogP contribution in [0.15, 0.2) is 36.8 Å². The first kappa shape index (κ1) is 14.3. The monoisotopic (exact) mass is 294 g/mol. The summed E-state index contributed by atoms with van der Waals surface area (Å²) in [6, 6.07) is 7.72. The van der Waals surface area contributed by atoms with Crippen LogP contribution in [-0.4, -0.2) is 20.4 Å². The Labute approximate surface area is 129 Å². The molecule has 0 spiro atoms. The van der Waals surface area contributed by atoms with Crippen molar-refractivity contribution in [2.45, 2.75) is 20.4 Å². The van der Waals surface area contributed by atoms with Gasteiger partial charge in [-0.3, -0.25) is 4.79 Å². The lowest BCUT2D eigenvalue weighted by atomic mass is 10.1. The largest absolute Gasteiger partial charge is 0.351 e. The maximum Gasteiger partial charge on any atom is 0.251 e. The van der Waals surface area contributed by atoms with Gasteiger partial charge in [0, 0.05) is 53.2 Å². The molecule has 0 saturated heterocycles. The van der Waals surface area contributed by atoms with Crippen molar-refractivity contribution in [2.75, 3.05) is 0 Å². The van der Waals surface area contributed by atoms with Gasteiger partial charge in [0.25, 0.3) is 5.91 Å². The summed E-state index contributed by atoms with van der Waals surface area (Å²) < 4.78 is 2.03. The predicted molar refractivity (Wildman–Crippen MR) is 85.6 cm³/mol. The number of hydrogen-bond donors (Lipinski definition) is 1. The first-order valence-electron chi connectivity index (χ1n) is 7.16. The van der Waals surface area contributed by atoms with Gasteiger partial charge >= 0.3 is 0 Å². The van der Waals surface area contributed by atoms with Crippen molar-refractivity contribution in [1.82, 2.24) is 19.9 Å². The second-order valence-corrected chi connectivity index (χ2v) is 5.41. The molecule has 0 bridgehead atoms. The number of aryl methyl sites for hydroxylation is 3. The van der Waals surface area contributed by atoms with Gasteiger partial charge < -0.3 is 9.88 Å². The molecule has 5 heteroatoms. The van der Waals surface area contributed by atoms with Crippen LogP contribution < -0.4 is 5.32 Å². The smallest absolute Gasteiger partial charge is 0.251 e. The summed E-state index contributed by atoms with van der Waals surface area (Å²) >= 11 is 0. The molecule has 112 valence electrons. The highest BCUT2D eigenvalue weighted by molar-refractivity contribution is 5.98. The standard InChI is InChI=1S/C17H18N4O/c1-11-15(12(2)20-10-19-11)9-18-17(22)14-4-5-16-13(8-14)6-7-21(16)3/h4-8,10H,9H2,1-3H3,(H,18,22). The molecule has 1 amide bonds. The minimum absolute atomic E-state index is 0.0894. The summed E-state index contributed by atoms with van der Waals surface area (Å²) in [5, 5.41) is 4.00. The lowest BCUT2D eigenvalue weighted by molar-refractivity contribution is 0.0951. The molecule has 2 aromatic heterocycles. The number of carbonyl (C=O) groups is 1. The Hall–Kier alpha value is -2.69. The minimum Gasteiger partial charge on any atom is -0.351 e. The first-order valence-corrected chi connectivity index (χ1v) is 7.16. The quantitative estimate of drug-likeness (QED) is 0.807. The van der Waals surface area contributed by atoms with Crippen LogP contribution in [0.1, 0.15) is 27.3 Å². The van der Waals surface area contributed by atoms with Gasteiger partial charge in [-0.1, -0.05) is 0 Å². The van der Waals surface area contributed by atoms with Crippen LogP contribution in [0.5, 0.6) is 0 Å². The second kappa shape index (κ2) is 5.60. The van der Waals surface area contributed by atoms with Gasteiger partial charge in [0.05, 0.1) is 0 Å². The fourth-order valence-electron chi connectivity index (χ4n) is 2.57. The molecule has 22 heavy (non-hydrogen) atoms. The van der Waals surface area contributed by atoms with Gasteiger partial charge in [0.1, 0.15) is 6.33 Å². The van der Waals surface area contributed by atoms with Crippen molar-refractivity contribution in [3.8, 4) is 0 Å². The summed E-state index contributed by atoms with van der Waals surface area (Å²) in [4.78, 5) is 20.7. The number of fused-ring (bicyclic) bond motifs is 1. The Balaban J connectivity index is 1.78. The molecule has 0 atom stereocenters. The Morgan fingerprint density at radius 2 is 1.91 bits per heavy atom. The van der Waals surface area contributed by atoms with Gasteiger partial charge in [0.15, 0.2) is 0 Å². The maximum atomic E-state index is 12.3. The van der Waals surface area contributed by atoms with Crippen LogP contribution in [0.4, 0.5) is 0 Å². The third-order valence-electron chi connectivity index (χ3n) is 3.95. The Bertz CT molecular complexity index is 831. The Morgan fingerprint density at radius 3 is 2.64 bits per heavy atom. The molecule has 0 aliphatic carbocycles. The number of hydrogen-bond acceptors (Lipinski definition) is 3. The van der Waals surface area contributed by atoms with E-state index in [9.17, 15) is 4.79 Å². The van der Waals surface area contributed by atoms with Crippen LogP contribution in [0.2, 0.25) is 0 Å². The number of benzene rings is 1. The molecule has 5 nitrogen and oxygen atoms in total. The molecule has 2 heterocycles. The third kappa shape index (κ3) is 2.57. The van der Waals surface area contributed by atoms with Crippen molar-refractivity contribution >= 4 is 16.8 Å². The maximum absolute atomic E-state index is 12.3. The van der Waals surface area contributed by atoms with Gasteiger partial charge in [-0.2, -0.15) is 0 Å². The SMILES string of the molecule is Cc1ncnc(C)c1CNC(=O)c1ccc2c(ccn2C)c1. The summed E-state index contributed by atoms with van der Waals surface area (Å²) in [5.41, 5.74) is 4.53. The van der Waals surface area contributed by atoms with E-state index in [4.69, 9.17) is 0 Å². The molecule has 0 aliphatic heterocycles. The first-order chi connectivity index (χ1) is 10.6. The van der Waals surface area contributed by atoms with E-state index in [2.05, 4.69) is 15.3 Å². The van der Waals surface area contributed by atoms with Crippen molar-refractivity contribution in [1.29, 1.82) is 0 Å². The van der Waals surface area contributed by atoms with Crippen LogP contribution in [0.25, 0.3) is 10.9 Å². The molecule has 0 aliphatic rings. The number of aromatic nitrogens is 3. The Morgan fingerprint density at radius 1 is 1.18 bits per heavy atom. The lowest BCUT2D eigenvalue weighted by Gasteiger charge is -2.09. The molecule has 1 N–H and O–H groups in total. The van der Waals surface area contributed by atoms with Crippen molar-refractivity contribution in [2.24, 2.45) is 7.05 Å². The van der Waals surface area contributed by atoms with Crippen molar-refractivity contribution in [3.05, 3.63) is 59.3 Å². The van der Waals surface area contributed by atoms with E-state index < -0.39 is 0 Å². The van der Waals surface area contributed by atoms with Gasteiger partial charge in [-0.05, 0) is 38.1 Å². The van der Waals surface area contributed by atoms with Crippen LogP contribution >= 0.6 is 0 Å². The molecular formula is C17H18N4O. The molecule has 3 aromatic rings. The van der Waals surface area contributed by atoms with E-state index in [1.54, 1.807) is 6.33 Å². The highest BCUT2D eigenvalue weighted by Gasteiger charge is 2.10. The zero-order valence-corrected chi connectivity index (χ0v) is 12.9. The molecule has 0 saturated carbocycles. The topological polar surface area (TPSA) is 59.8 Å². The highest BCUT2D eigenvalue weighted by atomic mass is 16.1. The van der Waals surface area contributed by atoms with Crippen LogP contribution in [0, 0.1) is 13.8 Å². The fourth-order valence-corrected chi connectivity index (χ4v) is 2.57. The summed E-state index contributed by atoms with van der Waals surface area (Å²) in [7, 11) is 1.99. The second-order valence-electron chi connectivity index (χ2n) is 5.41. The van der Waals surface area contributed by atoms with Crippen LogP contribution in [0.3, 0.4) is 0 Å². The van der Waals surface area contributed by atoms with E-state index >= 15 is 0 Å². The number of rotatable bonds is 3. The number of nitrogens with one attached hydrogen (secondary N) is 1. The molecule has 3 rings (SSSR count). The van der Waals surface area contributed by atoms with E-state index in [0.29, 0.717) is 12.1 Å². The molecule has 0 radical (unpaired) electrons. The van der Waals surface area contributed by atoms with Gasteiger partial charge in [0.2, 0.25) is 0 Å². The molecule has 0 unspecified atom stereocenters. The van der Waals surface area contributed by atoms with E-state index in [-0.39, 0.29) is 5.91 Å². The van der Waals surface area contributed by atoms with Crippen molar-refractivity contribution < 1.29 is 4.79 Å². The number of carbonyl (C=O) groups excluding carboxylic acids is 1. The average molecular weight is 294 g/mol. The van der Waals surface area contributed by atoms with Gasteiger partial charge in [-0.15, -0.1) is 0 Å². The molecular weight excluding hydrogens is 276 g/mol. The van der Waals surface area contributed by atoms with Gasteiger partial charge in [-0.25, -0.2) is 9.97 Å². The lowest BCUT2D eigenvalue weighted by Crippen LogP contribution is -2.24. The average Bonchev–Trinajstić information content (AvgIpc) is 2.87. The normalized spacial score (nSPS) is 10.9. The zero-order chi connectivity index (χ0) is 15.7. The third-order valence-corrected chi connectivity index (χ3v) is 3.95. The molecule has 0 fully saturated rings.